The number of hydrogen-bond acceptors (Lipinski definition) is 2. The number of carbonyl (C=O) groups excluding carboxylic acids is 1. The van der Waals surface area contributed by atoms with Crippen molar-refractivity contribution in [2.24, 2.45) is 0 Å². The zero-order valence-corrected chi connectivity index (χ0v) is 9.26. The molecule has 0 radical (unpaired) electrons. The SMILES string of the molecule is CN(C)C(=O)CCNc1cc(F)cc(F)c1. The van der Waals surface area contributed by atoms with Crippen LogP contribution in [0.5, 0.6) is 0 Å². The van der Waals surface area contributed by atoms with E-state index >= 15 is 0 Å². The second kappa shape index (κ2) is 5.44. The molecular weight excluding hydrogens is 214 g/mol. The maximum atomic E-state index is 12.8. The van der Waals surface area contributed by atoms with Crippen LogP contribution in [0.15, 0.2) is 18.2 Å². The predicted octanol–water partition coefficient (Wildman–Crippen LogP) is 1.85. The van der Waals surface area contributed by atoms with Crippen molar-refractivity contribution in [2.75, 3.05) is 26.0 Å². The van der Waals surface area contributed by atoms with E-state index in [2.05, 4.69) is 5.32 Å². The molecule has 88 valence electrons. The van der Waals surface area contributed by atoms with Gasteiger partial charge < -0.3 is 10.2 Å². The third-order valence-corrected chi connectivity index (χ3v) is 2.03. The quantitative estimate of drug-likeness (QED) is 0.853. The smallest absolute Gasteiger partial charge is 0.223 e. The van der Waals surface area contributed by atoms with Crippen molar-refractivity contribution in [3.05, 3.63) is 29.8 Å². The number of anilines is 1. The lowest BCUT2D eigenvalue weighted by Crippen LogP contribution is -2.23. The summed E-state index contributed by atoms with van der Waals surface area (Å²) in [6.07, 6.45) is 0.283. The Labute approximate surface area is 93.1 Å². The Morgan fingerprint density at radius 3 is 2.31 bits per heavy atom. The van der Waals surface area contributed by atoms with Gasteiger partial charge in [0.2, 0.25) is 5.91 Å². The Hall–Kier alpha value is -1.65. The number of nitrogens with one attached hydrogen (secondary N) is 1. The fourth-order valence-electron chi connectivity index (χ4n) is 1.19. The lowest BCUT2D eigenvalue weighted by molar-refractivity contribution is -0.128. The average molecular weight is 228 g/mol. The minimum absolute atomic E-state index is 0.0376. The summed E-state index contributed by atoms with van der Waals surface area (Å²) >= 11 is 0. The number of benzene rings is 1. The van der Waals surface area contributed by atoms with E-state index in [0.29, 0.717) is 12.2 Å². The van der Waals surface area contributed by atoms with Gasteiger partial charge >= 0.3 is 0 Å². The highest BCUT2D eigenvalue weighted by Crippen LogP contribution is 2.12. The Morgan fingerprint density at radius 1 is 1.25 bits per heavy atom. The van der Waals surface area contributed by atoms with Gasteiger partial charge in [-0.2, -0.15) is 0 Å². The van der Waals surface area contributed by atoms with Crippen LogP contribution in [0.4, 0.5) is 14.5 Å². The molecule has 0 unspecified atom stereocenters. The van der Waals surface area contributed by atoms with Crippen LogP contribution in [0.3, 0.4) is 0 Å². The molecule has 1 aromatic rings. The van der Waals surface area contributed by atoms with Gasteiger partial charge in [0.1, 0.15) is 11.6 Å². The second-order valence-electron chi connectivity index (χ2n) is 3.62. The lowest BCUT2D eigenvalue weighted by Gasteiger charge is -2.11. The molecule has 1 rings (SSSR count). The molecule has 0 fully saturated rings. The molecule has 0 bridgehead atoms. The molecule has 0 aliphatic heterocycles. The van der Waals surface area contributed by atoms with E-state index in [0.717, 1.165) is 6.07 Å². The Kier molecular flexibility index (Phi) is 4.22. The Morgan fingerprint density at radius 2 is 1.81 bits per heavy atom. The minimum atomic E-state index is -0.638. The van der Waals surface area contributed by atoms with Crippen LogP contribution in [0.25, 0.3) is 0 Å². The van der Waals surface area contributed by atoms with Crippen LogP contribution in [-0.2, 0) is 4.79 Å². The van der Waals surface area contributed by atoms with Crippen LogP contribution in [0.1, 0.15) is 6.42 Å². The first-order valence-corrected chi connectivity index (χ1v) is 4.89. The normalized spacial score (nSPS) is 10.0. The molecule has 0 aliphatic carbocycles. The van der Waals surface area contributed by atoms with E-state index in [-0.39, 0.29) is 12.3 Å². The predicted molar refractivity (Wildman–Crippen MR) is 58.2 cm³/mol. The van der Waals surface area contributed by atoms with Gasteiger partial charge in [-0.25, -0.2) is 8.78 Å². The van der Waals surface area contributed by atoms with Crippen molar-refractivity contribution >= 4 is 11.6 Å². The summed E-state index contributed by atoms with van der Waals surface area (Å²) in [5.41, 5.74) is 0.337. The van der Waals surface area contributed by atoms with E-state index in [9.17, 15) is 13.6 Å². The molecule has 0 spiro atoms. The van der Waals surface area contributed by atoms with E-state index in [1.54, 1.807) is 14.1 Å². The molecular formula is C11H14F2N2O. The van der Waals surface area contributed by atoms with Gasteiger partial charge in [-0.05, 0) is 12.1 Å². The van der Waals surface area contributed by atoms with Crippen molar-refractivity contribution in [1.29, 1.82) is 0 Å². The number of amides is 1. The summed E-state index contributed by atoms with van der Waals surface area (Å²) in [4.78, 5) is 12.7. The van der Waals surface area contributed by atoms with Crippen molar-refractivity contribution in [1.82, 2.24) is 4.90 Å². The molecule has 0 heterocycles. The Bertz CT molecular complexity index is 360. The fraction of sp³-hybridized carbons (Fsp3) is 0.364. The molecule has 1 aromatic carbocycles. The van der Waals surface area contributed by atoms with Gasteiger partial charge in [0.25, 0.3) is 0 Å². The van der Waals surface area contributed by atoms with Gasteiger partial charge in [-0.3, -0.25) is 4.79 Å². The fourth-order valence-corrected chi connectivity index (χ4v) is 1.19. The van der Waals surface area contributed by atoms with Crippen LogP contribution in [0.2, 0.25) is 0 Å². The van der Waals surface area contributed by atoms with Gasteiger partial charge in [-0.15, -0.1) is 0 Å². The van der Waals surface area contributed by atoms with E-state index < -0.39 is 11.6 Å². The zero-order valence-electron chi connectivity index (χ0n) is 9.26. The number of nitrogens with zero attached hydrogens (tertiary/aromatic N) is 1. The number of halogens is 2. The largest absolute Gasteiger partial charge is 0.384 e. The van der Waals surface area contributed by atoms with E-state index in [1.807, 2.05) is 0 Å². The van der Waals surface area contributed by atoms with Gasteiger partial charge in [0.05, 0.1) is 0 Å². The molecule has 16 heavy (non-hydrogen) atoms. The maximum Gasteiger partial charge on any atom is 0.223 e. The van der Waals surface area contributed by atoms with Crippen LogP contribution < -0.4 is 5.32 Å². The number of rotatable bonds is 4. The summed E-state index contributed by atoms with van der Waals surface area (Å²) in [7, 11) is 3.31. The molecule has 5 heteroatoms. The summed E-state index contributed by atoms with van der Waals surface area (Å²) in [6.45, 7) is 0.347. The number of carbonyl (C=O) groups is 1. The Balaban J connectivity index is 2.46. The van der Waals surface area contributed by atoms with E-state index in [1.165, 1.54) is 17.0 Å². The highest BCUT2D eigenvalue weighted by atomic mass is 19.1. The summed E-state index contributed by atoms with van der Waals surface area (Å²) < 4.78 is 25.6. The van der Waals surface area contributed by atoms with Gasteiger partial charge in [-0.1, -0.05) is 0 Å². The lowest BCUT2D eigenvalue weighted by atomic mass is 10.3. The summed E-state index contributed by atoms with van der Waals surface area (Å²) in [5.74, 6) is -1.31. The highest BCUT2D eigenvalue weighted by Gasteiger charge is 2.04. The zero-order chi connectivity index (χ0) is 12.1. The van der Waals surface area contributed by atoms with Crippen molar-refractivity contribution < 1.29 is 13.6 Å². The molecule has 0 aliphatic rings. The van der Waals surface area contributed by atoms with Gasteiger partial charge in [0, 0.05) is 38.8 Å². The van der Waals surface area contributed by atoms with Crippen molar-refractivity contribution in [3.63, 3.8) is 0 Å². The standard InChI is InChI=1S/C11H14F2N2O/c1-15(2)11(16)3-4-14-10-6-8(12)5-9(13)7-10/h5-7,14H,3-4H2,1-2H3. The van der Waals surface area contributed by atoms with Crippen LogP contribution in [-0.4, -0.2) is 31.4 Å². The van der Waals surface area contributed by atoms with E-state index in [4.69, 9.17) is 0 Å². The van der Waals surface area contributed by atoms with Crippen LogP contribution in [0, 0.1) is 11.6 Å². The number of hydrogen-bond donors (Lipinski definition) is 1. The van der Waals surface area contributed by atoms with Crippen molar-refractivity contribution in [2.45, 2.75) is 6.42 Å². The summed E-state index contributed by atoms with van der Waals surface area (Å²) in [5, 5.41) is 2.78. The average Bonchev–Trinajstić information content (AvgIpc) is 2.15. The van der Waals surface area contributed by atoms with Gasteiger partial charge in [0.15, 0.2) is 0 Å². The third-order valence-electron chi connectivity index (χ3n) is 2.03. The molecule has 0 atom stereocenters. The molecule has 0 saturated heterocycles. The topological polar surface area (TPSA) is 32.3 Å². The maximum absolute atomic E-state index is 12.8. The summed E-state index contributed by atoms with van der Waals surface area (Å²) in [6, 6.07) is 3.17. The first-order chi connectivity index (χ1) is 7.49. The second-order valence-corrected chi connectivity index (χ2v) is 3.62. The molecule has 0 aromatic heterocycles. The highest BCUT2D eigenvalue weighted by molar-refractivity contribution is 5.76. The molecule has 0 saturated carbocycles. The third kappa shape index (κ3) is 3.84. The first-order valence-electron chi connectivity index (χ1n) is 4.89. The minimum Gasteiger partial charge on any atom is -0.384 e. The molecule has 1 N–H and O–H groups in total. The molecule has 1 amide bonds. The first kappa shape index (κ1) is 12.4. The van der Waals surface area contributed by atoms with Crippen molar-refractivity contribution in [3.8, 4) is 0 Å². The molecule has 3 nitrogen and oxygen atoms in total. The van der Waals surface area contributed by atoms with Crippen LogP contribution >= 0.6 is 0 Å². The monoisotopic (exact) mass is 228 g/mol.